The molecule has 1 aliphatic rings. The number of amides is 2. The first-order chi connectivity index (χ1) is 18.6. The summed E-state index contributed by atoms with van der Waals surface area (Å²) >= 11 is 0. The Hall–Kier alpha value is -4.32. The van der Waals surface area contributed by atoms with E-state index in [4.69, 9.17) is 4.74 Å². The molecule has 2 N–H and O–H groups in total. The Labute approximate surface area is 221 Å². The highest BCUT2D eigenvalue weighted by atomic mass is 19.3. The molecule has 4 rings (SSSR count). The number of pyridine rings is 1. The van der Waals surface area contributed by atoms with Gasteiger partial charge in [0.25, 0.3) is 11.5 Å². The molecule has 2 amide bonds. The molecule has 0 radical (unpaired) electrons. The summed E-state index contributed by atoms with van der Waals surface area (Å²) in [4.78, 5) is 41.2. The largest absolute Gasteiger partial charge is 0.497 e. The number of carbonyl (C=O) groups excluding carboxylic acids is 2. The number of halogens is 3. The van der Waals surface area contributed by atoms with Gasteiger partial charge < -0.3 is 29.4 Å². The second kappa shape index (κ2) is 11.6. The van der Waals surface area contributed by atoms with Gasteiger partial charge >= 0.3 is 6.61 Å². The number of aryl methyl sites for hydroxylation is 1. The molecule has 1 unspecified atom stereocenters. The quantitative estimate of drug-likeness (QED) is 0.428. The van der Waals surface area contributed by atoms with Crippen LogP contribution in [0.15, 0.2) is 59.5 Å². The van der Waals surface area contributed by atoms with Crippen molar-refractivity contribution >= 4 is 17.5 Å². The van der Waals surface area contributed by atoms with Gasteiger partial charge in [-0.3, -0.25) is 14.4 Å². The van der Waals surface area contributed by atoms with Crippen molar-refractivity contribution in [2.45, 2.75) is 32.0 Å². The number of aromatic nitrogens is 1. The number of benzene rings is 2. The van der Waals surface area contributed by atoms with Gasteiger partial charge in [0.15, 0.2) is 0 Å². The Morgan fingerprint density at radius 2 is 1.82 bits per heavy atom. The molecule has 0 saturated carbocycles. The first kappa shape index (κ1) is 27.7. The molecule has 0 aliphatic carbocycles. The summed E-state index contributed by atoms with van der Waals surface area (Å²) in [6.45, 7) is -1.79. The Morgan fingerprint density at radius 3 is 2.44 bits per heavy atom. The molecule has 12 heteroatoms. The van der Waals surface area contributed by atoms with Crippen LogP contribution in [0.2, 0.25) is 0 Å². The maximum absolute atomic E-state index is 15.2. The van der Waals surface area contributed by atoms with Gasteiger partial charge in [0.05, 0.1) is 13.7 Å². The van der Waals surface area contributed by atoms with Crippen LogP contribution in [-0.4, -0.2) is 54.4 Å². The summed E-state index contributed by atoms with van der Waals surface area (Å²) < 4.78 is 50.7. The zero-order valence-corrected chi connectivity index (χ0v) is 21.1. The fraction of sp³-hybridized carbons (Fsp3) is 0.296. The average Bonchev–Trinajstić information content (AvgIpc) is 3.21. The minimum Gasteiger partial charge on any atom is -0.497 e. The molecular formula is C27H26F3N3O6. The summed E-state index contributed by atoms with van der Waals surface area (Å²) in [7, 11) is 1.38. The monoisotopic (exact) mass is 545 g/mol. The van der Waals surface area contributed by atoms with Crippen LogP contribution in [0.5, 0.6) is 11.5 Å². The van der Waals surface area contributed by atoms with Gasteiger partial charge in [-0.1, -0.05) is 6.07 Å². The average molecular weight is 546 g/mol. The second-order valence-electron chi connectivity index (χ2n) is 8.87. The summed E-state index contributed by atoms with van der Waals surface area (Å²) in [6.07, 6.45) is 1.50. The Kier molecular flexibility index (Phi) is 8.24. The van der Waals surface area contributed by atoms with Crippen molar-refractivity contribution in [2.75, 3.05) is 25.2 Å². The van der Waals surface area contributed by atoms with Gasteiger partial charge in [-0.2, -0.15) is 8.78 Å². The van der Waals surface area contributed by atoms with E-state index in [0.29, 0.717) is 5.56 Å². The van der Waals surface area contributed by atoms with Crippen molar-refractivity contribution < 1.29 is 37.3 Å². The maximum Gasteiger partial charge on any atom is 0.387 e. The Morgan fingerprint density at radius 1 is 1.13 bits per heavy atom. The van der Waals surface area contributed by atoms with Crippen LogP contribution in [0.4, 0.5) is 18.9 Å². The molecule has 2 atom stereocenters. The number of ether oxygens (including phenoxy) is 2. The van der Waals surface area contributed by atoms with E-state index in [-0.39, 0.29) is 48.0 Å². The number of hydrogen-bond donors (Lipinski definition) is 2. The number of nitrogens with one attached hydrogen (secondary N) is 1. The normalized spacial score (nSPS) is 17.0. The van der Waals surface area contributed by atoms with Crippen LogP contribution in [0.25, 0.3) is 0 Å². The number of hydrogen-bond acceptors (Lipinski definition) is 6. The van der Waals surface area contributed by atoms with Gasteiger partial charge in [0.2, 0.25) is 5.91 Å². The van der Waals surface area contributed by atoms with E-state index >= 15 is 4.39 Å². The molecule has 3 aromatic rings. The summed E-state index contributed by atoms with van der Waals surface area (Å²) in [5.41, 5.74) is 0.200. The molecule has 1 aromatic heterocycles. The number of nitrogens with zero attached hydrogens (tertiary/aromatic N) is 2. The van der Waals surface area contributed by atoms with E-state index in [1.165, 1.54) is 59.2 Å². The molecule has 2 heterocycles. The Bertz CT molecular complexity index is 1430. The minimum absolute atomic E-state index is 0.0100. The third kappa shape index (κ3) is 5.75. The van der Waals surface area contributed by atoms with E-state index in [1.807, 2.05) is 0 Å². The third-order valence-electron chi connectivity index (χ3n) is 6.50. The lowest BCUT2D eigenvalue weighted by atomic mass is 9.93. The maximum atomic E-state index is 15.2. The van der Waals surface area contributed by atoms with Crippen molar-refractivity contribution in [3.8, 4) is 11.5 Å². The lowest BCUT2D eigenvalue weighted by Crippen LogP contribution is -2.44. The molecule has 1 saturated heterocycles. The smallest absolute Gasteiger partial charge is 0.387 e. The number of anilines is 1. The number of alkyl halides is 2. The summed E-state index contributed by atoms with van der Waals surface area (Å²) in [5.74, 6) is -2.79. The molecule has 0 bridgehead atoms. The predicted molar refractivity (Wildman–Crippen MR) is 135 cm³/mol. The molecule has 206 valence electrons. The van der Waals surface area contributed by atoms with Gasteiger partial charge in [0.1, 0.15) is 29.0 Å². The van der Waals surface area contributed by atoms with Crippen LogP contribution in [0, 0.1) is 12.7 Å². The molecule has 2 aromatic carbocycles. The fourth-order valence-corrected chi connectivity index (χ4v) is 4.59. The lowest BCUT2D eigenvalue weighted by molar-refractivity contribution is -0.118. The second-order valence-corrected chi connectivity index (χ2v) is 8.87. The Balaban J connectivity index is 1.71. The SMILES string of the molecule is COc1ccc([C@@H]2CN(c3c(C)ccn(CCO)c3=O)C(=O)C2NC(=O)c2ccc(OC(F)F)cc2)c(F)c1. The fourth-order valence-electron chi connectivity index (χ4n) is 4.59. The first-order valence-electron chi connectivity index (χ1n) is 12.0. The number of rotatable bonds is 9. The molecular weight excluding hydrogens is 519 g/mol. The lowest BCUT2D eigenvalue weighted by Gasteiger charge is -2.20. The highest BCUT2D eigenvalue weighted by Gasteiger charge is 2.45. The highest BCUT2D eigenvalue weighted by Crippen LogP contribution is 2.35. The van der Waals surface area contributed by atoms with Crippen molar-refractivity contribution in [1.29, 1.82) is 0 Å². The molecule has 0 spiro atoms. The van der Waals surface area contributed by atoms with Gasteiger partial charge in [-0.15, -0.1) is 0 Å². The number of aliphatic hydroxyl groups is 1. The van der Waals surface area contributed by atoms with Crippen LogP contribution in [-0.2, 0) is 11.3 Å². The van der Waals surface area contributed by atoms with E-state index < -0.39 is 41.8 Å². The van der Waals surface area contributed by atoms with Crippen molar-refractivity contribution in [3.63, 3.8) is 0 Å². The zero-order valence-electron chi connectivity index (χ0n) is 21.1. The van der Waals surface area contributed by atoms with E-state index in [1.54, 1.807) is 13.0 Å². The highest BCUT2D eigenvalue weighted by molar-refractivity contribution is 6.05. The van der Waals surface area contributed by atoms with Gasteiger partial charge in [0, 0.05) is 36.8 Å². The van der Waals surface area contributed by atoms with Gasteiger partial charge in [-0.05, 0) is 54.4 Å². The summed E-state index contributed by atoms with van der Waals surface area (Å²) in [5, 5.41) is 11.9. The summed E-state index contributed by atoms with van der Waals surface area (Å²) in [6, 6.07) is 9.36. The molecule has 1 fully saturated rings. The van der Waals surface area contributed by atoms with Crippen molar-refractivity contribution in [2.24, 2.45) is 0 Å². The standard InChI is InChI=1S/C27H26F3N3O6/c1-15-9-10-32(11-12-34)26(37)23(15)33-14-20(19-8-7-18(38-2)13-21(19)28)22(25(33)36)31-24(35)16-3-5-17(6-4-16)39-27(29)30/h3-10,13,20,22,27,34H,11-12,14H2,1-2H3,(H,31,35)/t20-,22?/m0/s1. The number of carbonyl (C=O) groups is 2. The number of aliphatic hydroxyl groups excluding tert-OH is 1. The van der Waals surface area contributed by atoms with E-state index in [0.717, 1.165) is 6.07 Å². The molecule has 39 heavy (non-hydrogen) atoms. The topological polar surface area (TPSA) is 110 Å². The van der Waals surface area contributed by atoms with Crippen LogP contribution >= 0.6 is 0 Å². The predicted octanol–water partition coefficient (Wildman–Crippen LogP) is 2.83. The van der Waals surface area contributed by atoms with Crippen LogP contribution < -0.4 is 25.2 Å². The first-order valence-corrected chi connectivity index (χ1v) is 12.0. The molecule has 1 aliphatic heterocycles. The minimum atomic E-state index is -3.03. The van der Waals surface area contributed by atoms with Crippen LogP contribution in [0.3, 0.4) is 0 Å². The van der Waals surface area contributed by atoms with E-state index in [9.17, 15) is 28.3 Å². The number of methoxy groups -OCH3 is 1. The molecule has 9 nitrogen and oxygen atoms in total. The van der Waals surface area contributed by atoms with Gasteiger partial charge in [-0.25, -0.2) is 4.39 Å². The van der Waals surface area contributed by atoms with Crippen molar-refractivity contribution in [3.05, 3.63) is 87.6 Å². The van der Waals surface area contributed by atoms with E-state index in [2.05, 4.69) is 10.1 Å². The zero-order chi connectivity index (χ0) is 28.3. The third-order valence-corrected chi connectivity index (χ3v) is 6.50. The van der Waals surface area contributed by atoms with Crippen molar-refractivity contribution in [1.82, 2.24) is 9.88 Å². The van der Waals surface area contributed by atoms with Crippen LogP contribution in [0.1, 0.15) is 27.4 Å².